The number of imidazole rings is 1. The summed E-state index contributed by atoms with van der Waals surface area (Å²) >= 11 is 0. The largest absolute Gasteiger partial charge is 0.461 e. The fourth-order valence-electron chi connectivity index (χ4n) is 2.82. The second kappa shape index (κ2) is 7.19. The first-order valence-electron chi connectivity index (χ1n) is 7.40. The summed E-state index contributed by atoms with van der Waals surface area (Å²) in [5, 5.41) is 10.8. The van der Waals surface area contributed by atoms with Crippen LogP contribution in [0.3, 0.4) is 0 Å². The first-order valence-corrected chi connectivity index (χ1v) is 7.40. The van der Waals surface area contributed by atoms with E-state index >= 15 is 0 Å². The molecular weight excluding hydrogens is 274 g/mol. The topological polar surface area (TPSA) is 87.3 Å². The molecule has 1 fully saturated rings. The van der Waals surface area contributed by atoms with Gasteiger partial charge in [-0.2, -0.15) is 0 Å². The number of nitro groups is 1. The van der Waals surface area contributed by atoms with Gasteiger partial charge < -0.3 is 14.9 Å². The van der Waals surface area contributed by atoms with Crippen LogP contribution in [0.15, 0.2) is 6.20 Å². The molecule has 0 aromatic carbocycles. The highest BCUT2D eigenvalue weighted by atomic mass is 16.6. The molecule has 0 unspecified atom stereocenters. The third-order valence-corrected chi connectivity index (χ3v) is 4.03. The molecule has 0 bridgehead atoms. The standard InChI is InChI=1S/C14H21N3O4/c1-11-15-10-13(17(19)20)16(11)8-9-21-14(18)7-6-12-4-2-3-5-12/h10,12H,2-9H2,1H3. The minimum absolute atomic E-state index is 0.0745. The SMILES string of the molecule is Cc1ncc([N+](=O)[O-])n1CCOC(=O)CCC1CCCC1. The van der Waals surface area contributed by atoms with E-state index in [-0.39, 0.29) is 24.9 Å². The van der Waals surface area contributed by atoms with Crippen molar-refractivity contribution in [2.24, 2.45) is 5.92 Å². The van der Waals surface area contributed by atoms with Crippen molar-refractivity contribution in [3.8, 4) is 0 Å². The summed E-state index contributed by atoms with van der Waals surface area (Å²) in [7, 11) is 0. The van der Waals surface area contributed by atoms with Crippen LogP contribution < -0.4 is 0 Å². The predicted molar refractivity (Wildman–Crippen MR) is 75.8 cm³/mol. The van der Waals surface area contributed by atoms with E-state index in [1.165, 1.54) is 36.4 Å². The van der Waals surface area contributed by atoms with Crippen molar-refractivity contribution in [3.05, 3.63) is 22.1 Å². The van der Waals surface area contributed by atoms with Crippen LogP contribution in [0.4, 0.5) is 5.82 Å². The molecule has 0 saturated heterocycles. The zero-order valence-corrected chi connectivity index (χ0v) is 12.3. The molecular formula is C14H21N3O4. The Bertz CT molecular complexity index is 506. The van der Waals surface area contributed by atoms with Gasteiger partial charge in [0.25, 0.3) is 0 Å². The van der Waals surface area contributed by atoms with Gasteiger partial charge in [-0.1, -0.05) is 25.7 Å². The van der Waals surface area contributed by atoms with Crippen molar-refractivity contribution in [2.75, 3.05) is 6.61 Å². The minimum Gasteiger partial charge on any atom is -0.461 e. The zero-order valence-electron chi connectivity index (χ0n) is 12.3. The number of hydrogen-bond acceptors (Lipinski definition) is 5. The van der Waals surface area contributed by atoms with Gasteiger partial charge in [0.05, 0.1) is 0 Å². The average molecular weight is 295 g/mol. The zero-order chi connectivity index (χ0) is 15.2. The van der Waals surface area contributed by atoms with Gasteiger partial charge >= 0.3 is 11.8 Å². The molecule has 0 atom stereocenters. The van der Waals surface area contributed by atoms with Crippen molar-refractivity contribution in [1.82, 2.24) is 9.55 Å². The number of carbonyl (C=O) groups is 1. The molecule has 0 N–H and O–H groups in total. The Hall–Kier alpha value is -1.92. The van der Waals surface area contributed by atoms with E-state index in [9.17, 15) is 14.9 Å². The minimum atomic E-state index is -0.484. The first-order chi connectivity index (χ1) is 10.1. The molecule has 1 heterocycles. The number of aryl methyl sites for hydroxylation is 1. The number of aromatic nitrogens is 2. The van der Waals surface area contributed by atoms with E-state index in [0.717, 1.165) is 6.42 Å². The molecule has 1 aromatic heterocycles. The molecule has 1 saturated carbocycles. The van der Waals surface area contributed by atoms with Crippen LogP contribution in [0.1, 0.15) is 44.3 Å². The normalized spacial score (nSPS) is 15.3. The van der Waals surface area contributed by atoms with Crippen molar-refractivity contribution >= 4 is 11.8 Å². The number of esters is 1. The molecule has 0 aliphatic heterocycles. The molecule has 0 radical (unpaired) electrons. The van der Waals surface area contributed by atoms with Crippen LogP contribution in [0.2, 0.25) is 0 Å². The summed E-state index contributed by atoms with van der Waals surface area (Å²) in [5.41, 5.74) is 0. The number of nitrogens with zero attached hydrogens (tertiary/aromatic N) is 3. The van der Waals surface area contributed by atoms with Crippen LogP contribution in [-0.2, 0) is 16.1 Å². The van der Waals surface area contributed by atoms with Crippen LogP contribution >= 0.6 is 0 Å². The highest BCUT2D eigenvalue weighted by Gasteiger charge is 2.19. The molecule has 21 heavy (non-hydrogen) atoms. The van der Waals surface area contributed by atoms with Gasteiger partial charge in [-0.3, -0.25) is 4.79 Å². The summed E-state index contributed by atoms with van der Waals surface area (Å²) in [6.07, 6.45) is 7.52. The maximum atomic E-state index is 11.7. The number of hydrogen-bond donors (Lipinski definition) is 0. The maximum absolute atomic E-state index is 11.7. The van der Waals surface area contributed by atoms with E-state index in [0.29, 0.717) is 18.2 Å². The second-order valence-corrected chi connectivity index (χ2v) is 5.48. The van der Waals surface area contributed by atoms with Crippen LogP contribution in [0, 0.1) is 23.0 Å². The highest BCUT2D eigenvalue weighted by molar-refractivity contribution is 5.69. The molecule has 116 valence electrons. The summed E-state index contributed by atoms with van der Waals surface area (Å²) in [5.74, 6) is 0.912. The summed E-state index contributed by atoms with van der Waals surface area (Å²) in [4.78, 5) is 25.9. The van der Waals surface area contributed by atoms with Crippen molar-refractivity contribution in [1.29, 1.82) is 0 Å². The Labute approximate surface area is 123 Å². The summed E-state index contributed by atoms with van der Waals surface area (Å²) < 4.78 is 6.60. The van der Waals surface area contributed by atoms with Crippen molar-refractivity contribution < 1.29 is 14.5 Å². The van der Waals surface area contributed by atoms with E-state index in [4.69, 9.17) is 4.74 Å². The fraction of sp³-hybridized carbons (Fsp3) is 0.714. The van der Waals surface area contributed by atoms with Crippen molar-refractivity contribution in [3.63, 3.8) is 0 Å². The van der Waals surface area contributed by atoms with E-state index in [2.05, 4.69) is 4.98 Å². The molecule has 0 spiro atoms. The lowest BCUT2D eigenvalue weighted by Gasteiger charge is -2.08. The lowest BCUT2D eigenvalue weighted by molar-refractivity contribution is -0.392. The second-order valence-electron chi connectivity index (χ2n) is 5.48. The Morgan fingerprint density at radius 2 is 2.24 bits per heavy atom. The van der Waals surface area contributed by atoms with E-state index in [1.807, 2.05) is 0 Å². The third-order valence-electron chi connectivity index (χ3n) is 4.03. The van der Waals surface area contributed by atoms with Gasteiger partial charge in [0.15, 0.2) is 5.82 Å². The quantitative estimate of drug-likeness (QED) is 0.438. The molecule has 1 aliphatic carbocycles. The van der Waals surface area contributed by atoms with E-state index < -0.39 is 4.92 Å². The lowest BCUT2D eigenvalue weighted by atomic mass is 10.0. The van der Waals surface area contributed by atoms with Gasteiger partial charge in [-0.25, -0.2) is 9.55 Å². The van der Waals surface area contributed by atoms with Gasteiger partial charge in [0.2, 0.25) is 0 Å². The molecule has 1 aliphatic rings. The maximum Gasteiger partial charge on any atom is 0.342 e. The third kappa shape index (κ3) is 4.27. The number of ether oxygens (including phenoxy) is 1. The summed E-state index contributed by atoms with van der Waals surface area (Å²) in [6.45, 7) is 2.09. The lowest BCUT2D eigenvalue weighted by Crippen LogP contribution is -2.14. The van der Waals surface area contributed by atoms with Gasteiger partial charge in [0, 0.05) is 13.3 Å². The van der Waals surface area contributed by atoms with Gasteiger partial charge in [-0.15, -0.1) is 0 Å². The van der Waals surface area contributed by atoms with Crippen LogP contribution in [-0.4, -0.2) is 27.1 Å². The molecule has 2 rings (SSSR count). The van der Waals surface area contributed by atoms with Crippen LogP contribution in [0.25, 0.3) is 0 Å². The predicted octanol–water partition coefficient (Wildman–Crippen LogP) is 2.61. The smallest absolute Gasteiger partial charge is 0.342 e. The van der Waals surface area contributed by atoms with E-state index in [1.54, 1.807) is 6.92 Å². The Morgan fingerprint density at radius 1 is 1.52 bits per heavy atom. The first kappa shape index (κ1) is 15.5. The number of rotatable bonds is 7. The van der Waals surface area contributed by atoms with Crippen LogP contribution in [0.5, 0.6) is 0 Å². The molecule has 7 nitrogen and oxygen atoms in total. The molecule has 7 heteroatoms. The monoisotopic (exact) mass is 295 g/mol. The van der Waals surface area contributed by atoms with Gasteiger partial charge in [-0.05, 0) is 17.3 Å². The summed E-state index contributed by atoms with van der Waals surface area (Å²) in [6, 6.07) is 0. The van der Waals surface area contributed by atoms with Crippen molar-refractivity contribution in [2.45, 2.75) is 52.0 Å². The Kier molecular flexibility index (Phi) is 5.30. The Balaban J connectivity index is 1.72. The van der Waals surface area contributed by atoms with Gasteiger partial charge in [0.1, 0.15) is 19.3 Å². The molecule has 0 amide bonds. The fourth-order valence-corrected chi connectivity index (χ4v) is 2.82. The average Bonchev–Trinajstić information content (AvgIpc) is 3.07. The highest BCUT2D eigenvalue weighted by Crippen LogP contribution is 2.28. The Morgan fingerprint density at radius 3 is 2.90 bits per heavy atom. The number of carbonyl (C=O) groups excluding carboxylic acids is 1. The molecule has 1 aromatic rings.